The zero-order valence-electron chi connectivity index (χ0n) is 13.9. The van der Waals surface area contributed by atoms with Crippen LogP contribution in [0.1, 0.15) is 52.4 Å². The second kappa shape index (κ2) is 5.89. The Hall–Kier alpha value is -1.43. The van der Waals surface area contributed by atoms with Crippen LogP contribution in [0.3, 0.4) is 0 Å². The molecule has 3 aliphatic rings. The smallest absolute Gasteiger partial charge is 0.319 e. The molecule has 128 valence electrons. The van der Waals surface area contributed by atoms with Crippen LogP contribution in [0.15, 0.2) is 0 Å². The molecule has 1 spiro atoms. The molecule has 0 radical (unpaired) electrons. The van der Waals surface area contributed by atoms with Crippen molar-refractivity contribution in [2.45, 2.75) is 64.0 Å². The van der Waals surface area contributed by atoms with Gasteiger partial charge in [-0.15, -0.1) is 0 Å². The Kier molecular flexibility index (Phi) is 4.21. The molecule has 2 aliphatic heterocycles. The third-order valence-corrected chi connectivity index (χ3v) is 5.75. The molecule has 1 saturated carbocycles. The summed E-state index contributed by atoms with van der Waals surface area (Å²) in [5.74, 6) is -0.827. The van der Waals surface area contributed by atoms with Crippen molar-refractivity contribution in [1.29, 1.82) is 0 Å². The van der Waals surface area contributed by atoms with Crippen molar-refractivity contribution in [2.75, 3.05) is 19.7 Å². The third-order valence-electron chi connectivity index (χ3n) is 5.75. The monoisotopic (exact) mass is 323 g/mol. The van der Waals surface area contributed by atoms with Crippen LogP contribution in [-0.4, -0.2) is 54.0 Å². The van der Waals surface area contributed by atoms with Gasteiger partial charge in [0.05, 0.1) is 6.61 Å². The highest BCUT2D eigenvalue weighted by molar-refractivity contribution is 6.09. The molecule has 3 fully saturated rings. The summed E-state index contributed by atoms with van der Waals surface area (Å²) in [6.07, 6.45) is 3.39. The molecule has 23 heavy (non-hydrogen) atoms. The van der Waals surface area contributed by atoms with Gasteiger partial charge in [-0.3, -0.25) is 19.3 Å². The van der Waals surface area contributed by atoms with Gasteiger partial charge in [0.25, 0.3) is 0 Å². The summed E-state index contributed by atoms with van der Waals surface area (Å²) in [6, 6.07) is 0. The molecule has 1 aliphatic carbocycles. The number of hydrogen-bond donors (Lipinski definition) is 0. The molecule has 6 nitrogen and oxygen atoms in total. The molecule has 0 aromatic rings. The first-order valence-electron chi connectivity index (χ1n) is 8.62. The number of carbonyl (C=O) groups is 3. The quantitative estimate of drug-likeness (QED) is 0.578. The minimum atomic E-state index is -1.05. The van der Waals surface area contributed by atoms with E-state index in [-0.39, 0.29) is 24.3 Å². The van der Waals surface area contributed by atoms with Crippen LogP contribution in [0, 0.1) is 5.41 Å². The number of ketones is 1. The van der Waals surface area contributed by atoms with Crippen molar-refractivity contribution in [3.63, 3.8) is 0 Å². The Balaban J connectivity index is 2.03. The maximum Gasteiger partial charge on any atom is 0.319 e. The summed E-state index contributed by atoms with van der Waals surface area (Å²) < 4.78 is 10.8. The Morgan fingerprint density at radius 2 is 1.91 bits per heavy atom. The van der Waals surface area contributed by atoms with Crippen LogP contribution in [-0.2, 0) is 23.9 Å². The fourth-order valence-electron chi connectivity index (χ4n) is 4.85. The van der Waals surface area contributed by atoms with E-state index in [0.717, 1.165) is 25.9 Å². The first-order chi connectivity index (χ1) is 11.0. The first-order valence-corrected chi connectivity index (χ1v) is 8.62. The Labute approximate surface area is 136 Å². The van der Waals surface area contributed by atoms with E-state index in [4.69, 9.17) is 9.47 Å². The van der Waals surface area contributed by atoms with Crippen molar-refractivity contribution in [3.05, 3.63) is 0 Å². The maximum atomic E-state index is 13.5. The lowest BCUT2D eigenvalue weighted by molar-refractivity contribution is -0.178. The molecule has 2 saturated heterocycles. The van der Waals surface area contributed by atoms with E-state index >= 15 is 0 Å². The molecule has 3 atom stereocenters. The van der Waals surface area contributed by atoms with Gasteiger partial charge in [-0.1, -0.05) is 0 Å². The van der Waals surface area contributed by atoms with E-state index in [1.807, 2.05) is 0 Å². The lowest BCUT2D eigenvalue weighted by atomic mass is 9.61. The number of carbonyl (C=O) groups excluding carboxylic acids is 3. The zero-order valence-corrected chi connectivity index (χ0v) is 13.9. The fourth-order valence-corrected chi connectivity index (χ4v) is 4.85. The number of Topliss-reactive ketones (excluding diaryl/α,β-unsaturated/α-hetero) is 1. The van der Waals surface area contributed by atoms with Gasteiger partial charge in [-0.05, 0) is 58.5 Å². The normalized spacial score (nSPS) is 37.0. The average Bonchev–Trinajstić information content (AvgIpc) is 2.88. The molecule has 0 aromatic carbocycles. The number of nitrogens with zero attached hydrogens (tertiary/aromatic N) is 1. The third kappa shape index (κ3) is 2.30. The SMILES string of the molecule is CCOC(=O)[C@@]12CCCN3CCC[C@]3(C1=O)[C@@H](OC(C)=O)CC2. The first kappa shape index (κ1) is 16.4. The summed E-state index contributed by atoms with van der Waals surface area (Å²) in [5, 5.41) is 0. The van der Waals surface area contributed by atoms with Crippen LogP contribution < -0.4 is 0 Å². The largest absolute Gasteiger partial charge is 0.465 e. The van der Waals surface area contributed by atoms with Gasteiger partial charge in [-0.2, -0.15) is 0 Å². The standard InChI is InChI=1S/C17H25NO5/c1-3-22-15(21)16-7-4-10-18-11-5-8-17(18,14(16)20)13(6-9-16)23-12(2)19/h13H,3-11H2,1-2H3/t13-,16+,17+/m0/s1. The Bertz CT molecular complexity index is 533. The number of ether oxygens (including phenoxy) is 2. The van der Waals surface area contributed by atoms with E-state index in [2.05, 4.69) is 4.90 Å². The zero-order chi connectivity index (χ0) is 16.7. The molecular weight excluding hydrogens is 298 g/mol. The summed E-state index contributed by atoms with van der Waals surface area (Å²) in [6.45, 7) is 5.01. The van der Waals surface area contributed by atoms with E-state index < -0.39 is 17.1 Å². The number of rotatable bonds is 3. The van der Waals surface area contributed by atoms with Gasteiger partial charge in [-0.25, -0.2) is 0 Å². The highest BCUT2D eigenvalue weighted by Gasteiger charge is 2.67. The Morgan fingerprint density at radius 3 is 2.57 bits per heavy atom. The van der Waals surface area contributed by atoms with E-state index in [1.165, 1.54) is 6.92 Å². The summed E-state index contributed by atoms with van der Waals surface area (Å²) in [7, 11) is 0. The molecule has 0 N–H and O–H groups in total. The lowest BCUT2D eigenvalue weighted by Gasteiger charge is -2.48. The predicted molar refractivity (Wildman–Crippen MR) is 81.6 cm³/mol. The topological polar surface area (TPSA) is 72.9 Å². The molecule has 6 heteroatoms. The molecule has 3 rings (SSSR count). The molecule has 2 heterocycles. The van der Waals surface area contributed by atoms with Crippen molar-refractivity contribution in [2.24, 2.45) is 5.41 Å². The van der Waals surface area contributed by atoms with Crippen LogP contribution in [0.25, 0.3) is 0 Å². The van der Waals surface area contributed by atoms with Crippen molar-refractivity contribution in [1.82, 2.24) is 4.90 Å². The minimum Gasteiger partial charge on any atom is -0.465 e. The summed E-state index contributed by atoms with van der Waals surface area (Å²) in [4.78, 5) is 39.8. The van der Waals surface area contributed by atoms with Gasteiger partial charge < -0.3 is 9.47 Å². The molecule has 0 amide bonds. The number of hydrogen-bond acceptors (Lipinski definition) is 6. The maximum absolute atomic E-state index is 13.5. The average molecular weight is 323 g/mol. The van der Waals surface area contributed by atoms with Gasteiger partial charge >= 0.3 is 11.9 Å². The van der Waals surface area contributed by atoms with Crippen LogP contribution in [0.4, 0.5) is 0 Å². The minimum absolute atomic E-state index is 0.0732. The molecule has 0 aromatic heterocycles. The van der Waals surface area contributed by atoms with E-state index in [0.29, 0.717) is 25.7 Å². The van der Waals surface area contributed by atoms with E-state index in [1.54, 1.807) is 6.92 Å². The lowest BCUT2D eigenvalue weighted by Crippen LogP contribution is -2.66. The molecule has 2 bridgehead atoms. The highest BCUT2D eigenvalue weighted by Crippen LogP contribution is 2.52. The molecule has 0 unspecified atom stereocenters. The number of esters is 2. The van der Waals surface area contributed by atoms with Crippen molar-refractivity contribution in [3.8, 4) is 0 Å². The highest BCUT2D eigenvalue weighted by atomic mass is 16.5. The van der Waals surface area contributed by atoms with Gasteiger partial charge in [0, 0.05) is 6.92 Å². The summed E-state index contributed by atoms with van der Waals surface area (Å²) >= 11 is 0. The van der Waals surface area contributed by atoms with Crippen LogP contribution >= 0.6 is 0 Å². The van der Waals surface area contributed by atoms with Crippen LogP contribution in [0.2, 0.25) is 0 Å². The Morgan fingerprint density at radius 1 is 1.22 bits per heavy atom. The van der Waals surface area contributed by atoms with Crippen molar-refractivity contribution >= 4 is 17.7 Å². The van der Waals surface area contributed by atoms with Gasteiger partial charge in [0.2, 0.25) is 0 Å². The second-order valence-electron chi connectivity index (χ2n) is 6.89. The van der Waals surface area contributed by atoms with E-state index in [9.17, 15) is 14.4 Å². The fraction of sp³-hybridized carbons (Fsp3) is 0.824. The second-order valence-corrected chi connectivity index (χ2v) is 6.89. The molecular formula is C17H25NO5. The summed E-state index contributed by atoms with van der Waals surface area (Å²) in [5.41, 5.74) is -1.88. The van der Waals surface area contributed by atoms with Crippen LogP contribution in [0.5, 0.6) is 0 Å². The predicted octanol–water partition coefficient (Wildman–Crippen LogP) is 1.46. The van der Waals surface area contributed by atoms with Crippen molar-refractivity contribution < 1.29 is 23.9 Å². The number of fused-ring (bicyclic) bond motifs is 1. The van der Waals surface area contributed by atoms with Gasteiger partial charge in [0.15, 0.2) is 5.78 Å². The van der Waals surface area contributed by atoms with Gasteiger partial charge in [0.1, 0.15) is 17.1 Å².